The zero-order valence-corrected chi connectivity index (χ0v) is 16.9. The number of carbonyl (C=O) groups excluding carboxylic acids is 1. The molecule has 2 aromatic carbocycles. The minimum atomic E-state index is 0.0681. The smallest absolute Gasteiger partial charge is 0.248 e. The number of hydrogen-bond acceptors (Lipinski definition) is 4. The van der Waals surface area contributed by atoms with Crippen molar-refractivity contribution < 1.29 is 9.21 Å². The molecule has 0 bridgehead atoms. The van der Waals surface area contributed by atoms with Crippen LogP contribution in [-0.2, 0) is 4.79 Å². The van der Waals surface area contributed by atoms with Gasteiger partial charge in [-0.3, -0.25) is 4.79 Å². The van der Waals surface area contributed by atoms with E-state index in [0.717, 1.165) is 23.2 Å². The summed E-state index contributed by atoms with van der Waals surface area (Å²) in [4.78, 5) is 12.4. The lowest BCUT2D eigenvalue weighted by Crippen LogP contribution is -2.14. The van der Waals surface area contributed by atoms with E-state index < -0.39 is 0 Å². The molecule has 1 aliphatic carbocycles. The van der Waals surface area contributed by atoms with Crippen molar-refractivity contribution in [2.45, 2.75) is 51.9 Å². The van der Waals surface area contributed by atoms with Crippen molar-refractivity contribution in [3.8, 4) is 22.9 Å². The van der Waals surface area contributed by atoms with Gasteiger partial charge in [0.05, 0.1) is 0 Å². The van der Waals surface area contributed by atoms with Crippen molar-refractivity contribution in [1.29, 1.82) is 0 Å². The molecule has 150 valence electrons. The Morgan fingerprint density at radius 2 is 1.72 bits per heavy atom. The van der Waals surface area contributed by atoms with Gasteiger partial charge >= 0.3 is 0 Å². The molecule has 1 heterocycles. The highest BCUT2D eigenvalue weighted by molar-refractivity contribution is 5.91. The molecule has 1 fully saturated rings. The number of benzene rings is 2. The Bertz CT molecular complexity index is 956. The third kappa shape index (κ3) is 5.11. The van der Waals surface area contributed by atoms with Gasteiger partial charge < -0.3 is 9.73 Å². The standard InChI is InChI=1S/C24H27N3O2/c1-17-10-13-19(14-11-17)23-26-27-24(29-23)20-8-5-9-21(16-20)25-22(28)15-12-18-6-3-2-4-7-18/h5,8-11,13-14,16,18H,2-4,6-7,12,15H2,1H3,(H,25,28). The van der Waals surface area contributed by atoms with E-state index in [2.05, 4.69) is 15.5 Å². The Balaban J connectivity index is 1.39. The zero-order valence-electron chi connectivity index (χ0n) is 16.9. The predicted octanol–water partition coefficient (Wildman–Crippen LogP) is 6.01. The summed E-state index contributed by atoms with van der Waals surface area (Å²) in [6.07, 6.45) is 8.05. The average Bonchev–Trinajstić information content (AvgIpc) is 3.24. The lowest BCUT2D eigenvalue weighted by atomic mass is 9.86. The van der Waals surface area contributed by atoms with Crippen LogP contribution in [0, 0.1) is 12.8 Å². The summed E-state index contributed by atoms with van der Waals surface area (Å²) in [6, 6.07) is 15.5. The van der Waals surface area contributed by atoms with Crippen molar-refractivity contribution in [2.24, 2.45) is 5.92 Å². The number of nitrogens with zero attached hydrogens (tertiary/aromatic N) is 2. The molecule has 5 heteroatoms. The van der Waals surface area contributed by atoms with Crippen molar-refractivity contribution in [3.63, 3.8) is 0 Å². The number of carbonyl (C=O) groups is 1. The number of amides is 1. The topological polar surface area (TPSA) is 68.0 Å². The second-order valence-electron chi connectivity index (χ2n) is 7.95. The Kier molecular flexibility index (Phi) is 6.03. The van der Waals surface area contributed by atoms with Gasteiger partial charge in [0.2, 0.25) is 17.7 Å². The number of rotatable bonds is 6. The van der Waals surface area contributed by atoms with Gasteiger partial charge in [-0.1, -0.05) is 55.9 Å². The van der Waals surface area contributed by atoms with Crippen LogP contribution >= 0.6 is 0 Å². The Hall–Kier alpha value is -2.95. The summed E-state index contributed by atoms with van der Waals surface area (Å²) >= 11 is 0. The second-order valence-corrected chi connectivity index (χ2v) is 7.95. The summed E-state index contributed by atoms with van der Waals surface area (Å²) in [6.45, 7) is 2.04. The summed E-state index contributed by atoms with van der Waals surface area (Å²) in [5.74, 6) is 1.71. The van der Waals surface area contributed by atoms with Gasteiger partial charge in [-0.15, -0.1) is 10.2 Å². The van der Waals surface area contributed by atoms with Gasteiger partial charge in [-0.2, -0.15) is 0 Å². The number of aryl methyl sites for hydroxylation is 1. The van der Waals surface area contributed by atoms with E-state index in [-0.39, 0.29) is 5.91 Å². The second kappa shape index (κ2) is 9.03. The summed E-state index contributed by atoms with van der Waals surface area (Å²) in [5.41, 5.74) is 3.62. The predicted molar refractivity (Wildman–Crippen MR) is 114 cm³/mol. The molecule has 1 amide bonds. The van der Waals surface area contributed by atoms with E-state index in [4.69, 9.17) is 4.42 Å². The minimum absolute atomic E-state index is 0.0681. The quantitative estimate of drug-likeness (QED) is 0.560. The number of aromatic nitrogens is 2. The summed E-state index contributed by atoms with van der Waals surface area (Å²) in [5, 5.41) is 11.3. The van der Waals surface area contributed by atoms with E-state index in [1.165, 1.54) is 37.7 Å². The first-order valence-corrected chi connectivity index (χ1v) is 10.5. The van der Waals surface area contributed by atoms with Gasteiger partial charge in [0, 0.05) is 23.2 Å². The van der Waals surface area contributed by atoms with E-state index in [9.17, 15) is 4.79 Å². The molecule has 1 aromatic heterocycles. The van der Waals surface area contributed by atoms with E-state index in [0.29, 0.717) is 24.1 Å². The van der Waals surface area contributed by atoms with Gasteiger partial charge in [0.15, 0.2) is 0 Å². The Labute approximate surface area is 171 Å². The fraction of sp³-hybridized carbons (Fsp3) is 0.375. The normalized spacial score (nSPS) is 14.7. The monoisotopic (exact) mass is 389 g/mol. The maximum Gasteiger partial charge on any atom is 0.248 e. The fourth-order valence-electron chi connectivity index (χ4n) is 3.92. The number of hydrogen-bond donors (Lipinski definition) is 1. The first kappa shape index (κ1) is 19.4. The average molecular weight is 389 g/mol. The van der Waals surface area contributed by atoms with Crippen molar-refractivity contribution in [1.82, 2.24) is 10.2 Å². The molecule has 1 saturated carbocycles. The van der Waals surface area contributed by atoms with Crippen LogP contribution in [0.25, 0.3) is 22.9 Å². The third-order valence-electron chi connectivity index (χ3n) is 5.62. The number of anilines is 1. The molecule has 0 unspecified atom stereocenters. The molecule has 29 heavy (non-hydrogen) atoms. The fourth-order valence-corrected chi connectivity index (χ4v) is 3.92. The van der Waals surface area contributed by atoms with E-state index >= 15 is 0 Å². The van der Waals surface area contributed by atoms with Gasteiger partial charge in [0.1, 0.15) is 0 Å². The molecule has 0 saturated heterocycles. The highest BCUT2D eigenvalue weighted by Crippen LogP contribution is 2.28. The van der Waals surface area contributed by atoms with Crippen LogP contribution in [0.2, 0.25) is 0 Å². The van der Waals surface area contributed by atoms with E-state index in [1.54, 1.807) is 0 Å². The largest absolute Gasteiger partial charge is 0.416 e. The molecule has 3 aromatic rings. The molecule has 0 aliphatic heterocycles. The van der Waals surface area contributed by atoms with Crippen LogP contribution in [0.5, 0.6) is 0 Å². The van der Waals surface area contributed by atoms with Gasteiger partial charge in [-0.25, -0.2) is 0 Å². The molecule has 0 spiro atoms. The number of nitrogens with one attached hydrogen (secondary N) is 1. The maximum absolute atomic E-state index is 12.4. The SMILES string of the molecule is Cc1ccc(-c2nnc(-c3cccc(NC(=O)CCC4CCCCC4)c3)o2)cc1. The lowest BCUT2D eigenvalue weighted by Gasteiger charge is -2.21. The molecule has 0 atom stereocenters. The van der Waals surface area contributed by atoms with Crippen LogP contribution in [0.15, 0.2) is 52.9 Å². The van der Waals surface area contributed by atoms with Crippen LogP contribution in [0.1, 0.15) is 50.5 Å². The van der Waals surface area contributed by atoms with Crippen molar-refractivity contribution in [2.75, 3.05) is 5.32 Å². The highest BCUT2D eigenvalue weighted by Gasteiger charge is 2.15. The van der Waals surface area contributed by atoms with Gasteiger partial charge in [0.25, 0.3) is 0 Å². The molecule has 0 radical (unpaired) electrons. The third-order valence-corrected chi connectivity index (χ3v) is 5.62. The highest BCUT2D eigenvalue weighted by atomic mass is 16.4. The summed E-state index contributed by atoms with van der Waals surface area (Å²) in [7, 11) is 0. The Morgan fingerprint density at radius 1 is 1.00 bits per heavy atom. The van der Waals surface area contributed by atoms with Crippen LogP contribution < -0.4 is 5.32 Å². The van der Waals surface area contributed by atoms with Crippen LogP contribution in [0.3, 0.4) is 0 Å². The zero-order chi connectivity index (χ0) is 20.1. The summed E-state index contributed by atoms with van der Waals surface area (Å²) < 4.78 is 5.85. The van der Waals surface area contributed by atoms with Crippen molar-refractivity contribution >= 4 is 11.6 Å². The first-order valence-electron chi connectivity index (χ1n) is 10.5. The van der Waals surface area contributed by atoms with E-state index in [1.807, 2.05) is 55.5 Å². The van der Waals surface area contributed by atoms with Crippen LogP contribution in [0.4, 0.5) is 5.69 Å². The van der Waals surface area contributed by atoms with Crippen molar-refractivity contribution in [3.05, 3.63) is 54.1 Å². The molecular weight excluding hydrogens is 362 g/mol. The molecule has 1 N–H and O–H groups in total. The first-order chi connectivity index (χ1) is 14.2. The lowest BCUT2D eigenvalue weighted by molar-refractivity contribution is -0.116. The molecule has 4 rings (SSSR count). The molecular formula is C24H27N3O2. The van der Waals surface area contributed by atoms with Crippen LogP contribution in [-0.4, -0.2) is 16.1 Å². The van der Waals surface area contributed by atoms with Gasteiger partial charge in [-0.05, 0) is 49.6 Å². The molecule has 5 nitrogen and oxygen atoms in total. The maximum atomic E-state index is 12.4. The Morgan fingerprint density at radius 3 is 2.48 bits per heavy atom. The molecule has 1 aliphatic rings. The minimum Gasteiger partial charge on any atom is -0.416 e.